The zero-order valence-electron chi connectivity index (χ0n) is 12.4. The average molecular weight is 335 g/mol. The van der Waals surface area contributed by atoms with Gasteiger partial charge in [0.05, 0.1) is 28.1 Å². The summed E-state index contributed by atoms with van der Waals surface area (Å²) in [4.78, 5) is 11.8. The zero-order valence-corrected chi connectivity index (χ0v) is 13.9. The largest absolute Gasteiger partial charge is 0.465 e. The number of hydrogen-bond donors (Lipinski definition) is 2. The van der Waals surface area contributed by atoms with Crippen molar-refractivity contribution in [1.82, 2.24) is 0 Å². The fourth-order valence-corrected chi connectivity index (χ4v) is 2.14. The summed E-state index contributed by atoms with van der Waals surface area (Å²) in [6.07, 6.45) is 1.15. The molecule has 0 saturated carbocycles. The van der Waals surface area contributed by atoms with Gasteiger partial charge in [-0.3, -0.25) is 0 Å². The number of nitrogens with one attached hydrogen (secondary N) is 1. The summed E-state index contributed by atoms with van der Waals surface area (Å²) in [6, 6.07) is 2.90. The van der Waals surface area contributed by atoms with Crippen molar-refractivity contribution >= 4 is 38.8 Å². The Balaban J connectivity index is 3.17. The lowest BCUT2D eigenvalue weighted by molar-refractivity contribution is 0.0602. The van der Waals surface area contributed by atoms with Crippen molar-refractivity contribution in [2.45, 2.75) is 18.6 Å². The van der Waals surface area contributed by atoms with Gasteiger partial charge in [0, 0.05) is 18.5 Å². The van der Waals surface area contributed by atoms with E-state index in [0.29, 0.717) is 11.4 Å². The summed E-state index contributed by atoms with van der Waals surface area (Å²) in [7, 11) is -2.04. The highest BCUT2D eigenvalue weighted by Crippen LogP contribution is 2.30. The number of ether oxygens (including phenoxy) is 1. The Bertz CT molecular complexity index is 656. The molecular weight excluding hydrogens is 316 g/mol. The fraction of sp³-hybridized carbons (Fsp3) is 0.462. The number of carbonyl (C=O) groups is 1. The third-order valence-electron chi connectivity index (χ3n) is 3.21. The number of methoxy groups -OCH3 is 1. The van der Waals surface area contributed by atoms with Crippen LogP contribution in [0.25, 0.3) is 0 Å². The lowest BCUT2D eigenvalue weighted by Gasteiger charge is -2.24. The molecule has 0 amide bonds. The van der Waals surface area contributed by atoms with Gasteiger partial charge in [0.15, 0.2) is 9.84 Å². The molecule has 1 aromatic rings. The van der Waals surface area contributed by atoms with E-state index in [2.05, 4.69) is 10.1 Å². The second kappa shape index (κ2) is 6.11. The van der Waals surface area contributed by atoms with Crippen LogP contribution in [0.15, 0.2) is 12.1 Å². The van der Waals surface area contributed by atoms with Crippen molar-refractivity contribution in [1.29, 1.82) is 0 Å². The maximum Gasteiger partial charge on any atom is 0.340 e. The van der Waals surface area contributed by atoms with Crippen LogP contribution in [0.4, 0.5) is 11.4 Å². The zero-order chi connectivity index (χ0) is 16.4. The van der Waals surface area contributed by atoms with E-state index in [-0.39, 0.29) is 17.1 Å². The average Bonchev–Trinajstić information content (AvgIpc) is 2.34. The SMILES string of the molecule is COC(=O)c1cc(N)cc(Cl)c1NCC(C)(C)S(C)(=O)=O. The third-order valence-corrected chi connectivity index (χ3v) is 5.66. The number of carbonyl (C=O) groups excluding carboxylic acids is 1. The Morgan fingerprint density at radius 1 is 1.43 bits per heavy atom. The summed E-state index contributed by atoms with van der Waals surface area (Å²) in [5.74, 6) is -0.608. The van der Waals surface area contributed by atoms with Crippen molar-refractivity contribution < 1.29 is 17.9 Å². The van der Waals surface area contributed by atoms with E-state index < -0.39 is 20.6 Å². The van der Waals surface area contributed by atoms with E-state index in [9.17, 15) is 13.2 Å². The summed E-state index contributed by atoms with van der Waals surface area (Å²) >= 11 is 6.08. The monoisotopic (exact) mass is 334 g/mol. The molecule has 0 aliphatic carbocycles. The van der Waals surface area contributed by atoms with Crippen molar-refractivity contribution in [3.63, 3.8) is 0 Å². The van der Waals surface area contributed by atoms with Crippen molar-refractivity contribution in [2.24, 2.45) is 0 Å². The highest BCUT2D eigenvalue weighted by atomic mass is 35.5. The van der Waals surface area contributed by atoms with Gasteiger partial charge in [-0.1, -0.05) is 11.6 Å². The topological polar surface area (TPSA) is 98.5 Å². The number of nitrogens with two attached hydrogens (primary N) is 1. The Hall–Kier alpha value is -1.47. The quantitative estimate of drug-likeness (QED) is 0.630. The molecule has 0 fully saturated rings. The number of benzene rings is 1. The predicted molar refractivity (Wildman–Crippen MR) is 84.6 cm³/mol. The van der Waals surface area contributed by atoms with E-state index in [4.69, 9.17) is 17.3 Å². The molecule has 0 aliphatic rings. The summed E-state index contributed by atoms with van der Waals surface area (Å²) < 4.78 is 27.1. The first kappa shape index (κ1) is 17.6. The Morgan fingerprint density at radius 3 is 2.48 bits per heavy atom. The lowest BCUT2D eigenvalue weighted by Crippen LogP contribution is -2.38. The number of sulfone groups is 1. The van der Waals surface area contributed by atoms with E-state index in [1.807, 2.05) is 0 Å². The number of anilines is 2. The summed E-state index contributed by atoms with van der Waals surface area (Å²) in [5.41, 5.74) is 6.43. The highest BCUT2D eigenvalue weighted by molar-refractivity contribution is 7.92. The van der Waals surface area contributed by atoms with Crippen LogP contribution in [0.5, 0.6) is 0 Å². The van der Waals surface area contributed by atoms with Gasteiger partial charge in [-0.15, -0.1) is 0 Å². The van der Waals surface area contributed by atoms with Crippen molar-refractivity contribution in [3.05, 3.63) is 22.7 Å². The summed E-state index contributed by atoms with van der Waals surface area (Å²) in [5, 5.41) is 3.13. The van der Waals surface area contributed by atoms with Crippen LogP contribution in [0.3, 0.4) is 0 Å². The number of halogens is 1. The number of rotatable bonds is 5. The van der Waals surface area contributed by atoms with Crippen molar-refractivity contribution in [3.8, 4) is 0 Å². The van der Waals surface area contributed by atoms with E-state index in [1.165, 1.54) is 19.2 Å². The lowest BCUT2D eigenvalue weighted by atomic mass is 10.1. The van der Waals surface area contributed by atoms with Crippen molar-refractivity contribution in [2.75, 3.05) is 31.0 Å². The third kappa shape index (κ3) is 4.01. The van der Waals surface area contributed by atoms with E-state index >= 15 is 0 Å². The van der Waals surface area contributed by atoms with E-state index in [1.54, 1.807) is 13.8 Å². The van der Waals surface area contributed by atoms with Gasteiger partial charge in [-0.05, 0) is 26.0 Å². The van der Waals surface area contributed by atoms with Gasteiger partial charge in [0.2, 0.25) is 0 Å². The molecule has 3 N–H and O–H groups in total. The van der Waals surface area contributed by atoms with Gasteiger partial charge >= 0.3 is 5.97 Å². The van der Waals surface area contributed by atoms with Crippen LogP contribution >= 0.6 is 11.6 Å². The predicted octanol–water partition coefficient (Wildman–Crippen LogP) is 1.94. The Morgan fingerprint density at radius 2 is 2.00 bits per heavy atom. The van der Waals surface area contributed by atoms with Crippen LogP contribution in [-0.2, 0) is 14.6 Å². The van der Waals surface area contributed by atoms with Gasteiger partial charge in [0.25, 0.3) is 0 Å². The molecule has 0 heterocycles. The molecule has 21 heavy (non-hydrogen) atoms. The van der Waals surface area contributed by atoms with Gasteiger partial charge in [-0.25, -0.2) is 13.2 Å². The Kier molecular flexibility index (Phi) is 5.11. The molecule has 0 atom stereocenters. The number of nitrogen functional groups attached to an aromatic ring is 1. The smallest absolute Gasteiger partial charge is 0.340 e. The molecule has 0 bridgehead atoms. The molecule has 0 aromatic heterocycles. The maximum atomic E-state index is 11.8. The van der Waals surface area contributed by atoms with Crippen LogP contribution in [0.2, 0.25) is 5.02 Å². The first-order valence-corrected chi connectivity index (χ1v) is 8.37. The maximum absolute atomic E-state index is 11.8. The molecule has 0 saturated heterocycles. The minimum atomic E-state index is -3.28. The highest BCUT2D eigenvalue weighted by Gasteiger charge is 2.30. The normalized spacial score (nSPS) is 12.0. The molecule has 0 aliphatic heterocycles. The molecule has 0 radical (unpaired) electrons. The minimum Gasteiger partial charge on any atom is -0.465 e. The second-order valence-electron chi connectivity index (χ2n) is 5.30. The molecule has 6 nitrogen and oxygen atoms in total. The minimum absolute atomic E-state index is 0.0828. The van der Waals surface area contributed by atoms with Crippen LogP contribution in [0.1, 0.15) is 24.2 Å². The van der Waals surface area contributed by atoms with Gasteiger partial charge < -0.3 is 15.8 Å². The molecule has 1 aromatic carbocycles. The first-order valence-electron chi connectivity index (χ1n) is 6.10. The molecule has 0 spiro atoms. The van der Waals surface area contributed by atoms with Crippen LogP contribution in [0, 0.1) is 0 Å². The summed E-state index contributed by atoms with van der Waals surface area (Å²) in [6.45, 7) is 3.25. The van der Waals surface area contributed by atoms with E-state index in [0.717, 1.165) is 6.26 Å². The Labute approximate surface area is 129 Å². The molecule has 1 rings (SSSR count). The van der Waals surface area contributed by atoms with Crippen LogP contribution in [-0.4, -0.2) is 39.0 Å². The molecule has 8 heteroatoms. The van der Waals surface area contributed by atoms with Gasteiger partial charge in [0.1, 0.15) is 0 Å². The molecule has 0 unspecified atom stereocenters. The molecule has 118 valence electrons. The molecular formula is C13H19ClN2O4S. The first-order chi connectivity index (χ1) is 9.49. The number of hydrogen-bond acceptors (Lipinski definition) is 6. The fourth-order valence-electron chi connectivity index (χ4n) is 1.51. The van der Waals surface area contributed by atoms with Gasteiger partial charge in [-0.2, -0.15) is 0 Å². The number of esters is 1. The standard InChI is InChI=1S/C13H19ClN2O4S/c1-13(2,21(4,18)19)7-16-11-9(12(17)20-3)5-8(15)6-10(11)14/h5-6,16H,7,15H2,1-4H3. The van der Waals surface area contributed by atoms with Crippen LogP contribution < -0.4 is 11.1 Å². The second-order valence-corrected chi connectivity index (χ2v) is 8.36.